The summed E-state index contributed by atoms with van der Waals surface area (Å²) in [5, 5.41) is 10.7. The number of hydrogen-bond acceptors (Lipinski definition) is 1. The van der Waals surface area contributed by atoms with Gasteiger partial charge in [-0.1, -0.05) is 35.0 Å². The van der Waals surface area contributed by atoms with Crippen LogP contribution in [0.15, 0.2) is 12.2 Å². The van der Waals surface area contributed by atoms with E-state index >= 15 is 0 Å². The molecule has 0 aromatic carbocycles. The van der Waals surface area contributed by atoms with Crippen LogP contribution in [0.4, 0.5) is 0 Å². The van der Waals surface area contributed by atoms with E-state index in [4.69, 9.17) is 0 Å². The van der Waals surface area contributed by atoms with Gasteiger partial charge in [0.25, 0.3) is 0 Å². The molecule has 0 aromatic rings. The summed E-state index contributed by atoms with van der Waals surface area (Å²) >= 11 is 3.86. The highest BCUT2D eigenvalue weighted by atomic mass is 79.9. The first-order chi connectivity index (χ1) is 7.77. The van der Waals surface area contributed by atoms with Gasteiger partial charge in [0.1, 0.15) is 0 Å². The Labute approximate surface area is 114 Å². The molecule has 0 spiro atoms. The zero-order chi connectivity index (χ0) is 12.8. The van der Waals surface area contributed by atoms with Gasteiger partial charge in [-0.15, -0.1) is 0 Å². The van der Waals surface area contributed by atoms with Gasteiger partial charge in [0.2, 0.25) is 0 Å². The third-order valence-electron chi connectivity index (χ3n) is 5.41. The average molecular weight is 301 g/mol. The van der Waals surface area contributed by atoms with Gasteiger partial charge in [-0.05, 0) is 63.2 Å². The number of allylic oxidation sites excluding steroid dienone is 1. The van der Waals surface area contributed by atoms with Crippen LogP contribution in [0.2, 0.25) is 0 Å². The van der Waals surface area contributed by atoms with Gasteiger partial charge >= 0.3 is 0 Å². The number of halogens is 1. The predicted molar refractivity (Wildman–Crippen MR) is 76.3 cm³/mol. The van der Waals surface area contributed by atoms with Gasteiger partial charge in [0.15, 0.2) is 0 Å². The Balaban J connectivity index is 2.27. The predicted octanol–water partition coefficient (Wildman–Crippen LogP) is 4.29. The first kappa shape index (κ1) is 13.6. The molecule has 0 heterocycles. The quantitative estimate of drug-likeness (QED) is 0.566. The number of alkyl halides is 1. The molecule has 1 nitrogen and oxygen atoms in total. The highest BCUT2D eigenvalue weighted by Gasteiger charge is 2.54. The van der Waals surface area contributed by atoms with Gasteiger partial charge in [0, 0.05) is 4.83 Å². The van der Waals surface area contributed by atoms with Crippen LogP contribution in [-0.2, 0) is 0 Å². The molecule has 2 saturated carbocycles. The molecule has 0 bridgehead atoms. The zero-order valence-electron chi connectivity index (χ0n) is 11.3. The molecule has 2 rings (SSSR count). The molecule has 0 radical (unpaired) electrons. The first-order valence-corrected chi connectivity index (χ1v) is 7.71. The Kier molecular flexibility index (Phi) is 3.51. The molecule has 1 N–H and O–H groups in total. The van der Waals surface area contributed by atoms with Crippen molar-refractivity contribution >= 4 is 15.9 Å². The maximum absolute atomic E-state index is 10.7. The summed E-state index contributed by atoms with van der Waals surface area (Å²) in [4.78, 5) is 0.561. The lowest BCUT2D eigenvalue weighted by Crippen LogP contribution is -2.55. The summed E-state index contributed by atoms with van der Waals surface area (Å²) in [6, 6.07) is 0. The van der Waals surface area contributed by atoms with Crippen LogP contribution in [0.25, 0.3) is 0 Å². The van der Waals surface area contributed by atoms with E-state index in [1.165, 1.54) is 18.4 Å². The molecule has 0 aliphatic heterocycles. The Bertz CT molecular complexity index is 323. The zero-order valence-corrected chi connectivity index (χ0v) is 12.9. The minimum Gasteiger partial charge on any atom is -0.390 e. The second kappa shape index (κ2) is 4.38. The lowest BCUT2D eigenvalue weighted by molar-refractivity contribution is -0.116. The Morgan fingerprint density at radius 2 is 1.94 bits per heavy atom. The van der Waals surface area contributed by atoms with Crippen molar-refractivity contribution < 1.29 is 5.11 Å². The fourth-order valence-electron chi connectivity index (χ4n) is 4.04. The molecule has 5 atom stereocenters. The summed E-state index contributed by atoms with van der Waals surface area (Å²) in [5.74, 6) is 1.01. The smallest absolute Gasteiger partial charge is 0.0654 e. The van der Waals surface area contributed by atoms with Crippen LogP contribution >= 0.6 is 15.9 Å². The topological polar surface area (TPSA) is 20.2 Å². The Hall–Kier alpha value is 0.180. The Morgan fingerprint density at radius 1 is 1.29 bits per heavy atom. The van der Waals surface area contributed by atoms with E-state index in [0.29, 0.717) is 16.7 Å². The number of hydrogen-bond donors (Lipinski definition) is 1. The summed E-state index contributed by atoms with van der Waals surface area (Å²) < 4.78 is 0. The van der Waals surface area contributed by atoms with Crippen molar-refractivity contribution in [2.24, 2.45) is 17.3 Å². The lowest BCUT2D eigenvalue weighted by Gasteiger charge is -2.56. The fraction of sp³-hybridized carbons (Fsp3) is 0.867. The van der Waals surface area contributed by atoms with E-state index in [1.807, 2.05) is 6.92 Å². The van der Waals surface area contributed by atoms with Crippen molar-refractivity contribution in [2.45, 2.75) is 63.3 Å². The summed E-state index contributed by atoms with van der Waals surface area (Å²) in [7, 11) is 0. The molecular formula is C15H25BrO. The van der Waals surface area contributed by atoms with Gasteiger partial charge in [-0.2, -0.15) is 0 Å². The fourth-order valence-corrected chi connectivity index (χ4v) is 4.82. The molecule has 2 aliphatic carbocycles. The number of aliphatic hydroxyl groups is 1. The summed E-state index contributed by atoms with van der Waals surface area (Å²) in [6.07, 6.45) is 5.58. The molecule has 0 amide bonds. The average Bonchev–Trinajstić information content (AvgIpc) is 2.24. The standard InChI is InChI=1S/C15H25BrO/c1-10(2)11-5-7-14(3)12(9-11)15(4,17)8-6-13(14)16/h11-13,17H,1,5-9H2,2-4H3/t11-,12+,13-,14-,15-/m1/s1. The van der Waals surface area contributed by atoms with E-state index in [0.717, 1.165) is 19.3 Å². The normalized spacial score (nSPS) is 50.8. The van der Waals surface area contributed by atoms with Gasteiger partial charge in [-0.3, -0.25) is 0 Å². The van der Waals surface area contributed by atoms with E-state index in [1.54, 1.807) is 0 Å². The molecular weight excluding hydrogens is 276 g/mol. The van der Waals surface area contributed by atoms with Crippen LogP contribution in [0.1, 0.15) is 52.9 Å². The second-order valence-corrected chi connectivity index (χ2v) is 7.84. The molecule has 2 aliphatic rings. The maximum Gasteiger partial charge on any atom is 0.0654 e. The van der Waals surface area contributed by atoms with Gasteiger partial charge in [-0.25, -0.2) is 0 Å². The van der Waals surface area contributed by atoms with E-state index in [2.05, 4.69) is 36.4 Å². The molecule has 2 fully saturated rings. The van der Waals surface area contributed by atoms with Crippen LogP contribution in [-0.4, -0.2) is 15.5 Å². The van der Waals surface area contributed by atoms with Crippen molar-refractivity contribution in [3.8, 4) is 0 Å². The highest BCUT2D eigenvalue weighted by molar-refractivity contribution is 9.09. The minimum atomic E-state index is -0.493. The first-order valence-electron chi connectivity index (χ1n) is 6.79. The maximum atomic E-state index is 10.7. The SMILES string of the molecule is C=C(C)[C@@H]1CC[C@@]2(C)[C@H](Br)CC[C@@](C)(O)[C@H]2C1. The lowest BCUT2D eigenvalue weighted by atomic mass is 9.53. The molecule has 2 heteroatoms. The van der Waals surface area contributed by atoms with Crippen molar-refractivity contribution in [3.63, 3.8) is 0 Å². The van der Waals surface area contributed by atoms with Crippen molar-refractivity contribution in [2.75, 3.05) is 0 Å². The van der Waals surface area contributed by atoms with Gasteiger partial charge in [0.05, 0.1) is 5.60 Å². The molecule has 0 saturated heterocycles. The Morgan fingerprint density at radius 3 is 2.53 bits per heavy atom. The second-order valence-electron chi connectivity index (χ2n) is 6.74. The van der Waals surface area contributed by atoms with Crippen LogP contribution in [0.3, 0.4) is 0 Å². The van der Waals surface area contributed by atoms with Crippen LogP contribution < -0.4 is 0 Å². The third-order valence-corrected chi connectivity index (χ3v) is 6.92. The monoisotopic (exact) mass is 300 g/mol. The molecule has 98 valence electrons. The van der Waals surface area contributed by atoms with Crippen molar-refractivity contribution in [1.29, 1.82) is 0 Å². The third kappa shape index (κ3) is 2.23. The van der Waals surface area contributed by atoms with Crippen LogP contribution in [0, 0.1) is 17.3 Å². The van der Waals surface area contributed by atoms with Gasteiger partial charge < -0.3 is 5.11 Å². The largest absolute Gasteiger partial charge is 0.390 e. The molecule has 0 unspecified atom stereocenters. The minimum absolute atomic E-state index is 0.258. The number of rotatable bonds is 1. The molecule has 17 heavy (non-hydrogen) atoms. The van der Waals surface area contributed by atoms with Crippen LogP contribution in [0.5, 0.6) is 0 Å². The van der Waals surface area contributed by atoms with E-state index in [9.17, 15) is 5.11 Å². The number of fused-ring (bicyclic) bond motifs is 1. The summed E-state index contributed by atoms with van der Waals surface area (Å²) in [6.45, 7) is 10.6. The highest BCUT2D eigenvalue weighted by Crippen LogP contribution is 2.58. The van der Waals surface area contributed by atoms with E-state index in [-0.39, 0.29) is 5.41 Å². The molecule has 0 aromatic heterocycles. The van der Waals surface area contributed by atoms with Crippen molar-refractivity contribution in [1.82, 2.24) is 0 Å². The van der Waals surface area contributed by atoms with Crippen molar-refractivity contribution in [3.05, 3.63) is 12.2 Å². The summed E-state index contributed by atoms with van der Waals surface area (Å²) in [5.41, 5.74) is 1.06. The van der Waals surface area contributed by atoms with E-state index < -0.39 is 5.60 Å².